The highest BCUT2D eigenvalue weighted by molar-refractivity contribution is 5.26. The minimum absolute atomic E-state index is 0.0737. The number of allylic oxidation sites excluding steroid dienone is 4. The third kappa shape index (κ3) is 4.60. The van der Waals surface area contributed by atoms with E-state index < -0.39 is 6.17 Å². The predicted molar refractivity (Wildman–Crippen MR) is 71.4 cm³/mol. The monoisotopic (exact) mass is 240 g/mol. The maximum Gasteiger partial charge on any atom is 0.122 e. The Bertz CT molecular complexity index is 286. The molecule has 0 amide bonds. The van der Waals surface area contributed by atoms with Crippen molar-refractivity contribution in [3.8, 4) is 0 Å². The molecule has 0 aromatic carbocycles. The molecule has 0 radical (unpaired) electrons. The second-order valence-electron chi connectivity index (χ2n) is 5.03. The molecule has 4 unspecified atom stereocenters. The third-order valence-corrected chi connectivity index (χ3v) is 3.60. The van der Waals surface area contributed by atoms with E-state index in [4.69, 9.17) is 11.5 Å². The molecule has 0 saturated heterocycles. The average molecular weight is 240 g/mol. The molecular weight excluding hydrogens is 215 g/mol. The van der Waals surface area contributed by atoms with Gasteiger partial charge in [-0.2, -0.15) is 0 Å². The molecule has 0 bridgehead atoms. The summed E-state index contributed by atoms with van der Waals surface area (Å²) < 4.78 is 12.9. The summed E-state index contributed by atoms with van der Waals surface area (Å²) >= 11 is 0. The van der Waals surface area contributed by atoms with Gasteiger partial charge in [-0.3, -0.25) is 0 Å². The maximum atomic E-state index is 12.9. The highest BCUT2D eigenvalue weighted by Gasteiger charge is 2.16. The first-order chi connectivity index (χ1) is 8.04. The van der Waals surface area contributed by atoms with Gasteiger partial charge in [0.2, 0.25) is 0 Å². The largest absolute Gasteiger partial charge is 0.326 e. The van der Waals surface area contributed by atoms with Crippen LogP contribution in [0.15, 0.2) is 23.8 Å². The van der Waals surface area contributed by atoms with E-state index in [9.17, 15) is 4.39 Å². The van der Waals surface area contributed by atoms with Crippen LogP contribution >= 0.6 is 0 Å². The van der Waals surface area contributed by atoms with Crippen LogP contribution in [0.1, 0.15) is 39.5 Å². The molecule has 17 heavy (non-hydrogen) atoms. The zero-order valence-corrected chi connectivity index (χ0v) is 10.9. The molecule has 0 aromatic rings. The number of alkyl halides is 1. The Labute approximate surface area is 104 Å². The van der Waals surface area contributed by atoms with Crippen molar-refractivity contribution in [1.82, 2.24) is 0 Å². The lowest BCUT2D eigenvalue weighted by Gasteiger charge is -2.22. The molecule has 0 aliphatic heterocycles. The molecule has 2 nitrogen and oxygen atoms in total. The van der Waals surface area contributed by atoms with Crippen LogP contribution in [0.3, 0.4) is 0 Å². The Kier molecular flexibility index (Phi) is 5.86. The van der Waals surface area contributed by atoms with E-state index in [1.54, 1.807) is 6.08 Å². The lowest BCUT2D eigenvalue weighted by atomic mass is 9.89. The van der Waals surface area contributed by atoms with E-state index in [-0.39, 0.29) is 12.1 Å². The Balaban J connectivity index is 2.35. The van der Waals surface area contributed by atoms with Gasteiger partial charge in [0, 0.05) is 18.5 Å². The van der Waals surface area contributed by atoms with Gasteiger partial charge < -0.3 is 11.5 Å². The van der Waals surface area contributed by atoms with Crippen molar-refractivity contribution in [2.45, 2.75) is 57.8 Å². The minimum Gasteiger partial charge on any atom is -0.326 e. The van der Waals surface area contributed by atoms with E-state index >= 15 is 0 Å². The van der Waals surface area contributed by atoms with Crippen molar-refractivity contribution in [3.63, 3.8) is 0 Å². The molecule has 1 aliphatic carbocycles. The summed E-state index contributed by atoms with van der Waals surface area (Å²) in [5.41, 5.74) is 13.1. The van der Waals surface area contributed by atoms with E-state index in [1.807, 2.05) is 12.2 Å². The van der Waals surface area contributed by atoms with Crippen LogP contribution in [-0.4, -0.2) is 18.3 Å². The van der Waals surface area contributed by atoms with Gasteiger partial charge in [-0.1, -0.05) is 32.1 Å². The van der Waals surface area contributed by atoms with Crippen molar-refractivity contribution >= 4 is 0 Å². The van der Waals surface area contributed by atoms with Crippen LogP contribution in [-0.2, 0) is 0 Å². The molecule has 0 fully saturated rings. The van der Waals surface area contributed by atoms with E-state index in [2.05, 4.69) is 13.8 Å². The second-order valence-corrected chi connectivity index (χ2v) is 5.03. The van der Waals surface area contributed by atoms with Gasteiger partial charge in [-0.15, -0.1) is 0 Å². The summed E-state index contributed by atoms with van der Waals surface area (Å²) in [7, 11) is 0. The second kappa shape index (κ2) is 6.92. The smallest absolute Gasteiger partial charge is 0.122 e. The molecule has 0 spiro atoms. The molecule has 0 saturated carbocycles. The van der Waals surface area contributed by atoms with Crippen LogP contribution < -0.4 is 11.5 Å². The number of nitrogens with two attached hydrogens (primary N) is 2. The quantitative estimate of drug-likeness (QED) is 0.750. The van der Waals surface area contributed by atoms with E-state index in [1.165, 1.54) is 5.57 Å². The standard InChI is InChI=1S/C14H25FN2/c1-3-13(16)14(17)9-4-10(2)11-5-7-12(15)8-6-11/h5-7,10,12-14H,3-4,8-9,16-17H2,1-2H3. The topological polar surface area (TPSA) is 52.0 Å². The Morgan fingerprint density at radius 1 is 1.35 bits per heavy atom. The van der Waals surface area contributed by atoms with Gasteiger partial charge in [0.1, 0.15) is 6.17 Å². The first-order valence-corrected chi connectivity index (χ1v) is 6.58. The fraction of sp³-hybridized carbons (Fsp3) is 0.714. The molecule has 0 aromatic heterocycles. The first kappa shape index (κ1) is 14.4. The molecule has 1 aliphatic rings. The van der Waals surface area contributed by atoms with Crippen LogP contribution in [0.5, 0.6) is 0 Å². The molecule has 4 atom stereocenters. The third-order valence-electron chi connectivity index (χ3n) is 3.60. The summed E-state index contributed by atoms with van der Waals surface area (Å²) in [4.78, 5) is 0. The van der Waals surface area contributed by atoms with Gasteiger partial charge in [-0.25, -0.2) is 4.39 Å². The van der Waals surface area contributed by atoms with E-state index in [0.29, 0.717) is 12.3 Å². The number of halogens is 1. The Morgan fingerprint density at radius 2 is 2.06 bits per heavy atom. The zero-order chi connectivity index (χ0) is 12.8. The summed E-state index contributed by atoms with van der Waals surface area (Å²) in [6, 6.07) is 0.165. The molecular formula is C14H25FN2. The van der Waals surface area contributed by atoms with Crippen LogP contribution in [0.2, 0.25) is 0 Å². The Morgan fingerprint density at radius 3 is 2.59 bits per heavy atom. The number of hydrogen-bond acceptors (Lipinski definition) is 2. The van der Waals surface area contributed by atoms with Gasteiger partial charge in [0.25, 0.3) is 0 Å². The summed E-state index contributed by atoms with van der Waals surface area (Å²) in [6.45, 7) is 4.22. The first-order valence-electron chi connectivity index (χ1n) is 6.58. The van der Waals surface area contributed by atoms with Gasteiger partial charge >= 0.3 is 0 Å². The molecule has 98 valence electrons. The fourth-order valence-electron chi connectivity index (χ4n) is 2.10. The summed E-state index contributed by atoms with van der Waals surface area (Å²) in [5, 5.41) is 0. The molecule has 4 N–H and O–H groups in total. The summed E-state index contributed by atoms with van der Waals surface area (Å²) in [6.07, 6.45) is 8.12. The lowest BCUT2D eigenvalue weighted by molar-refractivity contribution is 0.396. The van der Waals surface area contributed by atoms with Gasteiger partial charge in [-0.05, 0) is 30.8 Å². The fourth-order valence-corrected chi connectivity index (χ4v) is 2.10. The van der Waals surface area contributed by atoms with Crippen molar-refractivity contribution in [1.29, 1.82) is 0 Å². The molecule has 1 rings (SSSR count). The van der Waals surface area contributed by atoms with E-state index in [0.717, 1.165) is 19.3 Å². The number of rotatable bonds is 6. The van der Waals surface area contributed by atoms with Crippen LogP contribution in [0.25, 0.3) is 0 Å². The van der Waals surface area contributed by atoms with Gasteiger partial charge in [0.15, 0.2) is 0 Å². The van der Waals surface area contributed by atoms with Crippen molar-refractivity contribution in [2.24, 2.45) is 17.4 Å². The predicted octanol–water partition coefficient (Wildman–Crippen LogP) is 2.69. The van der Waals surface area contributed by atoms with Crippen molar-refractivity contribution in [3.05, 3.63) is 23.8 Å². The normalized spacial score (nSPS) is 25.2. The van der Waals surface area contributed by atoms with Crippen molar-refractivity contribution in [2.75, 3.05) is 0 Å². The minimum atomic E-state index is -0.804. The maximum absolute atomic E-state index is 12.9. The zero-order valence-electron chi connectivity index (χ0n) is 10.9. The summed E-state index contributed by atoms with van der Waals surface area (Å²) in [5.74, 6) is 0.439. The van der Waals surface area contributed by atoms with Crippen molar-refractivity contribution < 1.29 is 4.39 Å². The number of hydrogen-bond donors (Lipinski definition) is 2. The van der Waals surface area contributed by atoms with Crippen LogP contribution in [0.4, 0.5) is 4.39 Å². The lowest BCUT2D eigenvalue weighted by Crippen LogP contribution is -2.40. The SMILES string of the molecule is CCC(N)C(N)CCC(C)C1=CCC(F)C=C1. The Hall–Kier alpha value is -0.670. The van der Waals surface area contributed by atoms with Gasteiger partial charge in [0.05, 0.1) is 0 Å². The highest BCUT2D eigenvalue weighted by atomic mass is 19.1. The molecule has 3 heteroatoms. The molecule has 0 heterocycles. The highest BCUT2D eigenvalue weighted by Crippen LogP contribution is 2.24. The average Bonchev–Trinajstić information content (AvgIpc) is 2.35. The van der Waals surface area contributed by atoms with Crippen LogP contribution in [0, 0.1) is 5.92 Å².